The average molecular weight is 437 g/mol. The van der Waals surface area contributed by atoms with Crippen molar-refractivity contribution in [2.75, 3.05) is 52.9 Å². The molecule has 1 aliphatic heterocycles. The fourth-order valence-corrected chi connectivity index (χ4v) is 5.75. The van der Waals surface area contributed by atoms with Crippen LogP contribution in [-0.4, -0.2) is 87.2 Å². The van der Waals surface area contributed by atoms with Gasteiger partial charge in [0.2, 0.25) is 11.8 Å². The molecule has 2 heterocycles. The van der Waals surface area contributed by atoms with Gasteiger partial charge in [-0.1, -0.05) is 18.5 Å². The van der Waals surface area contributed by atoms with Crippen LogP contribution >= 0.6 is 22.9 Å². The first-order valence-corrected chi connectivity index (χ1v) is 11.4. The van der Waals surface area contributed by atoms with Crippen LogP contribution in [0.4, 0.5) is 0 Å². The summed E-state index contributed by atoms with van der Waals surface area (Å²) in [5.74, 6) is -0.227. The molecular formula is C16H25ClN4O4S2. The molecule has 152 valence electrons. The highest BCUT2D eigenvalue weighted by molar-refractivity contribution is 7.91. The zero-order valence-electron chi connectivity index (χ0n) is 15.5. The highest BCUT2D eigenvalue weighted by Crippen LogP contribution is 2.28. The summed E-state index contributed by atoms with van der Waals surface area (Å²) in [5.41, 5.74) is 0. The number of sulfonamides is 1. The summed E-state index contributed by atoms with van der Waals surface area (Å²) >= 11 is 6.86. The first-order chi connectivity index (χ1) is 12.7. The van der Waals surface area contributed by atoms with E-state index in [2.05, 4.69) is 5.32 Å². The number of piperazine rings is 1. The van der Waals surface area contributed by atoms with Gasteiger partial charge < -0.3 is 10.2 Å². The predicted molar refractivity (Wildman–Crippen MR) is 105 cm³/mol. The Labute approximate surface area is 169 Å². The van der Waals surface area contributed by atoms with Crippen LogP contribution in [0.15, 0.2) is 16.3 Å². The summed E-state index contributed by atoms with van der Waals surface area (Å²) in [7, 11) is -1.86. The number of hydrogen-bond donors (Lipinski definition) is 1. The summed E-state index contributed by atoms with van der Waals surface area (Å²) < 4.78 is 27.2. The summed E-state index contributed by atoms with van der Waals surface area (Å²) in [6.45, 7) is 3.99. The number of thiophene rings is 1. The van der Waals surface area contributed by atoms with E-state index in [9.17, 15) is 18.0 Å². The SMILES string of the molecule is CCCNC(=O)CN(C)CC(=O)N1CCN(S(=O)(=O)c2ccc(Cl)s2)CC1. The Morgan fingerprint density at radius 2 is 1.89 bits per heavy atom. The summed E-state index contributed by atoms with van der Waals surface area (Å²) in [4.78, 5) is 27.4. The molecule has 27 heavy (non-hydrogen) atoms. The van der Waals surface area contributed by atoms with Gasteiger partial charge in [-0.3, -0.25) is 14.5 Å². The molecule has 0 radical (unpaired) electrons. The molecule has 0 saturated carbocycles. The standard InChI is InChI=1S/C16H25ClN4O4S2/c1-3-6-18-14(22)11-19(2)12-15(23)20-7-9-21(10-8-20)27(24,25)16-5-4-13(17)26-16/h4-5H,3,6-12H2,1-2H3,(H,18,22). The Kier molecular flexibility index (Phi) is 8.04. The maximum absolute atomic E-state index is 12.6. The number of nitrogens with zero attached hydrogens (tertiary/aromatic N) is 3. The number of rotatable bonds is 8. The van der Waals surface area contributed by atoms with E-state index in [1.165, 1.54) is 10.4 Å². The van der Waals surface area contributed by atoms with Crippen molar-refractivity contribution in [2.24, 2.45) is 0 Å². The van der Waals surface area contributed by atoms with E-state index in [-0.39, 0.29) is 42.2 Å². The number of halogens is 1. The van der Waals surface area contributed by atoms with Gasteiger partial charge >= 0.3 is 0 Å². The molecule has 0 aliphatic carbocycles. The number of carbonyl (C=O) groups is 2. The van der Waals surface area contributed by atoms with Crippen molar-refractivity contribution in [2.45, 2.75) is 17.6 Å². The van der Waals surface area contributed by atoms with Gasteiger partial charge in [0.05, 0.1) is 17.4 Å². The maximum Gasteiger partial charge on any atom is 0.252 e. The van der Waals surface area contributed by atoms with Crippen LogP contribution in [0.3, 0.4) is 0 Å². The van der Waals surface area contributed by atoms with Gasteiger partial charge in [0.25, 0.3) is 10.0 Å². The first kappa shape index (κ1) is 22.1. The molecule has 0 spiro atoms. The number of carbonyl (C=O) groups excluding carboxylic acids is 2. The van der Waals surface area contributed by atoms with E-state index in [1.807, 2.05) is 6.92 Å². The van der Waals surface area contributed by atoms with Crippen molar-refractivity contribution in [1.82, 2.24) is 19.4 Å². The molecular weight excluding hydrogens is 412 g/mol. The van der Waals surface area contributed by atoms with Gasteiger partial charge in [-0.15, -0.1) is 11.3 Å². The Balaban J connectivity index is 1.82. The molecule has 0 aromatic carbocycles. The van der Waals surface area contributed by atoms with Crippen molar-refractivity contribution in [3.05, 3.63) is 16.5 Å². The van der Waals surface area contributed by atoms with Crippen LogP contribution in [0.25, 0.3) is 0 Å². The maximum atomic E-state index is 12.6. The normalized spacial score (nSPS) is 15.9. The molecule has 11 heteroatoms. The van der Waals surface area contributed by atoms with Crippen LogP contribution in [0.2, 0.25) is 4.34 Å². The number of nitrogens with one attached hydrogen (secondary N) is 1. The largest absolute Gasteiger partial charge is 0.355 e. The van der Waals surface area contributed by atoms with Crippen molar-refractivity contribution in [3.8, 4) is 0 Å². The second-order valence-electron chi connectivity index (χ2n) is 6.37. The lowest BCUT2D eigenvalue weighted by Gasteiger charge is -2.34. The first-order valence-electron chi connectivity index (χ1n) is 8.72. The minimum atomic E-state index is -3.57. The molecule has 1 fully saturated rings. The van der Waals surface area contributed by atoms with Crippen LogP contribution in [0.1, 0.15) is 13.3 Å². The van der Waals surface area contributed by atoms with Gasteiger partial charge in [-0.2, -0.15) is 4.31 Å². The second-order valence-corrected chi connectivity index (χ2v) is 10.2. The van der Waals surface area contributed by atoms with Gasteiger partial charge in [-0.05, 0) is 25.6 Å². The molecule has 1 N–H and O–H groups in total. The monoisotopic (exact) mass is 436 g/mol. The Morgan fingerprint density at radius 3 is 2.44 bits per heavy atom. The van der Waals surface area contributed by atoms with E-state index >= 15 is 0 Å². The van der Waals surface area contributed by atoms with Gasteiger partial charge in [0.1, 0.15) is 4.21 Å². The molecule has 0 atom stereocenters. The van der Waals surface area contributed by atoms with Crippen LogP contribution in [0, 0.1) is 0 Å². The molecule has 2 rings (SSSR count). The third-order valence-corrected chi connectivity index (χ3v) is 7.72. The number of hydrogen-bond acceptors (Lipinski definition) is 6. The fourth-order valence-electron chi connectivity index (χ4n) is 2.69. The highest BCUT2D eigenvalue weighted by atomic mass is 35.5. The minimum absolute atomic E-state index is 0.113. The van der Waals surface area contributed by atoms with Gasteiger partial charge in [0.15, 0.2) is 0 Å². The van der Waals surface area contributed by atoms with Crippen molar-refractivity contribution < 1.29 is 18.0 Å². The van der Waals surface area contributed by atoms with Gasteiger partial charge in [0, 0.05) is 32.7 Å². The average Bonchev–Trinajstić information content (AvgIpc) is 3.07. The van der Waals surface area contributed by atoms with Crippen LogP contribution < -0.4 is 5.32 Å². The van der Waals surface area contributed by atoms with Crippen molar-refractivity contribution in [3.63, 3.8) is 0 Å². The van der Waals surface area contributed by atoms with E-state index in [0.29, 0.717) is 24.0 Å². The lowest BCUT2D eigenvalue weighted by Crippen LogP contribution is -2.52. The third kappa shape index (κ3) is 6.15. The predicted octanol–water partition coefficient (Wildman–Crippen LogP) is 0.692. The molecule has 1 aromatic rings. The summed E-state index contributed by atoms with van der Waals surface area (Å²) in [5, 5.41) is 2.77. The smallest absolute Gasteiger partial charge is 0.252 e. The molecule has 8 nitrogen and oxygen atoms in total. The molecule has 1 aromatic heterocycles. The third-order valence-electron chi connectivity index (χ3n) is 4.12. The van der Waals surface area contributed by atoms with E-state index in [0.717, 1.165) is 17.8 Å². The molecule has 0 bridgehead atoms. The number of likely N-dealkylation sites (N-methyl/N-ethyl adjacent to an activating group) is 1. The Bertz CT molecular complexity index is 760. The fraction of sp³-hybridized carbons (Fsp3) is 0.625. The second kappa shape index (κ2) is 9.83. The molecule has 1 aliphatic rings. The zero-order valence-corrected chi connectivity index (χ0v) is 17.9. The van der Waals surface area contributed by atoms with Crippen molar-refractivity contribution in [1.29, 1.82) is 0 Å². The van der Waals surface area contributed by atoms with E-state index in [4.69, 9.17) is 11.6 Å². The quantitative estimate of drug-likeness (QED) is 0.647. The molecule has 2 amide bonds. The lowest BCUT2D eigenvalue weighted by atomic mass is 10.3. The summed E-state index contributed by atoms with van der Waals surface area (Å²) in [6.07, 6.45) is 0.860. The van der Waals surface area contributed by atoms with E-state index in [1.54, 1.807) is 22.9 Å². The topological polar surface area (TPSA) is 90.0 Å². The minimum Gasteiger partial charge on any atom is -0.355 e. The zero-order chi connectivity index (χ0) is 20.0. The van der Waals surface area contributed by atoms with Crippen LogP contribution in [-0.2, 0) is 19.6 Å². The Hall–Kier alpha value is -1.20. The van der Waals surface area contributed by atoms with E-state index < -0.39 is 10.0 Å². The molecule has 1 saturated heterocycles. The molecule has 0 unspecified atom stereocenters. The van der Waals surface area contributed by atoms with Crippen molar-refractivity contribution >= 4 is 44.8 Å². The highest BCUT2D eigenvalue weighted by Gasteiger charge is 2.31. The van der Waals surface area contributed by atoms with Gasteiger partial charge in [-0.25, -0.2) is 8.42 Å². The summed E-state index contributed by atoms with van der Waals surface area (Å²) in [6, 6.07) is 3.06. The Morgan fingerprint density at radius 1 is 1.22 bits per heavy atom. The number of amides is 2. The van der Waals surface area contributed by atoms with Crippen LogP contribution in [0.5, 0.6) is 0 Å². The lowest BCUT2D eigenvalue weighted by molar-refractivity contribution is -0.133.